The first kappa shape index (κ1) is 41.8. The number of hydrogen-bond donors (Lipinski definition) is 0. The molecule has 0 unspecified atom stereocenters. The van der Waals surface area contributed by atoms with Gasteiger partial charge in [0, 0.05) is 51.7 Å². The van der Waals surface area contributed by atoms with E-state index in [0.29, 0.717) is 0 Å². The zero-order valence-corrected chi connectivity index (χ0v) is 36.7. The van der Waals surface area contributed by atoms with E-state index in [4.69, 9.17) is 9.47 Å². The predicted molar refractivity (Wildman–Crippen MR) is 267 cm³/mol. The van der Waals surface area contributed by atoms with E-state index in [1.54, 1.807) is 14.2 Å². The average molecular weight is 835 g/mol. The number of rotatable bonds is 14. The topological polar surface area (TPSA) is 24.9 Å². The third-order valence-electron chi connectivity index (χ3n) is 12.7. The van der Waals surface area contributed by atoms with Crippen LogP contribution in [0.1, 0.15) is 65.5 Å². The molecule has 0 atom stereocenters. The van der Waals surface area contributed by atoms with Gasteiger partial charge < -0.3 is 19.3 Å². The Morgan fingerprint density at radius 1 is 0.359 bits per heavy atom. The van der Waals surface area contributed by atoms with Gasteiger partial charge in [-0.25, -0.2) is 0 Å². The van der Waals surface area contributed by atoms with E-state index in [-0.39, 0.29) is 5.41 Å². The highest BCUT2D eigenvalue weighted by molar-refractivity contribution is 5.85. The monoisotopic (exact) mass is 834 g/mol. The Morgan fingerprint density at radius 2 is 0.641 bits per heavy atom. The van der Waals surface area contributed by atoms with Gasteiger partial charge in [0.15, 0.2) is 0 Å². The highest BCUT2D eigenvalue weighted by Gasteiger charge is 2.36. The molecule has 9 rings (SSSR count). The molecule has 4 nitrogen and oxygen atoms in total. The molecule has 316 valence electrons. The first-order valence-corrected chi connectivity index (χ1v) is 22.3. The van der Waals surface area contributed by atoms with Crippen molar-refractivity contribution in [2.24, 2.45) is 0 Å². The van der Waals surface area contributed by atoms with Crippen LogP contribution in [0.2, 0.25) is 0 Å². The van der Waals surface area contributed by atoms with Gasteiger partial charge in [-0.05, 0) is 119 Å². The van der Waals surface area contributed by atoms with Crippen molar-refractivity contribution in [3.8, 4) is 11.5 Å². The minimum atomic E-state index is -0.102. The van der Waals surface area contributed by atoms with Gasteiger partial charge in [-0.1, -0.05) is 165 Å². The molecule has 8 aromatic carbocycles. The normalized spacial score (nSPS) is 13.0. The van der Waals surface area contributed by atoms with Crippen LogP contribution in [0, 0.1) is 0 Å². The van der Waals surface area contributed by atoms with E-state index in [1.165, 1.54) is 30.4 Å². The van der Waals surface area contributed by atoms with E-state index in [0.717, 1.165) is 80.5 Å². The second kappa shape index (κ2) is 19.7. The summed E-state index contributed by atoms with van der Waals surface area (Å²) in [6, 6.07) is 78.0. The summed E-state index contributed by atoms with van der Waals surface area (Å²) in [6.45, 7) is 0. The van der Waals surface area contributed by atoms with Crippen LogP contribution in [-0.4, -0.2) is 14.2 Å². The van der Waals surface area contributed by atoms with Gasteiger partial charge >= 0.3 is 0 Å². The quantitative estimate of drug-likeness (QED) is 0.109. The first-order valence-electron chi connectivity index (χ1n) is 22.3. The Kier molecular flexibility index (Phi) is 12.8. The summed E-state index contributed by atoms with van der Waals surface area (Å²) in [5.41, 5.74) is 13.8. The van der Waals surface area contributed by atoms with Crippen LogP contribution in [0.3, 0.4) is 0 Å². The molecule has 0 bridgehead atoms. The van der Waals surface area contributed by atoms with Crippen molar-refractivity contribution >= 4 is 33.9 Å². The molecule has 1 saturated carbocycles. The fourth-order valence-corrected chi connectivity index (χ4v) is 9.22. The van der Waals surface area contributed by atoms with E-state index < -0.39 is 0 Å². The molecular formula is C60H54N2O2. The third kappa shape index (κ3) is 9.14. The van der Waals surface area contributed by atoms with Gasteiger partial charge in [-0.3, -0.25) is 0 Å². The van der Waals surface area contributed by atoms with Crippen LogP contribution in [0.15, 0.2) is 231 Å². The van der Waals surface area contributed by atoms with E-state index >= 15 is 0 Å². The minimum absolute atomic E-state index is 0.102. The number of methoxy groups -OCH3 is 2. The van der Waals surface area contributed by atoms with Crippen LogP contribution in [0.25, 0.3) is 11.1 Å². The van der Waals surface area contributed by atoms with Crippen LogP contribution in [0.5, 0.6) is 11.5 Å². The van der Waals surface area contributed by atoms with Gasteiger partial charge in [-0.2, -0.15) is 0 Å². The van der Waals surface area contributed by atoms with Gasteiger partial charge in [0.2, 0.25) is 0 Å². The van der Waals surface area contributed by atoms with Crippen LogP contribution in [-0.2, 0) is 5.41 Å². The Labute approximate surface area is 379 Å². The SMILES string of the molecule is COc1ccc(N(C=C(c2ccccc2)c2ccccc2)c2ccc(C3(c4ccc(N(C=C(c5ccccc5)c5ccccc5)c5ccc(OC)cc5)cc4)CCCCC3)cc2)cc1. The highest BCUT2D eigenvalue weighted by Crippen LogP contribution is 2.46. The van der Waals surface area contributed by atoms with Crippen molar-refractivity contribution in [3.63, 3.8) is 0 Å². The number of hydrogen-bond acceptors (Lipinski definition) is 4. The first-order chi connectivity index (χ1) is 31.6. The lowest BCUT2D eigenvalue weighted by atomic mass is 9.65. The summed E-state index contributed by atoms with van der Waals surface area (Å²) in [7, 11) is 3.43. The minimum Gasteiger partial charge on any atom is -0.497 e. The maximum Gasteiger partial charge on any atom is 0.119 e. The second-order valence-electron chi connectivity index (χ2n) is 16.4. The van der Waals surface area contributed by atoms with Gasteiger partial charge in [0.25, 0.3) is 0 Å². The number of nitrogens with zero attached hydrogens (tertiary/aromatic N) is 2. The fraction of sp³-hybridized carbons (Fsp3) is 0.133. The molecule has 0 heterocycles. The van der Waals surface area contributed by atoms with Crippen molar-refractivity contribution in [1.29, 1.82) is 0 Å². The van der Waals surface area contributed by atoms with Crippen molar-refractivity contribution in [2.45, 2.75) is 37.5 Å². The lowest BCUT2D eigenvalue weighted by molar-refractivity contribution is 0.346. The van der Waals surface area contributed by atoms with Crippen molar-refractivity contribution < 1.29 is 9.47 Å². The molecule has 0 spiro atoms. The van der Waals surface area contributed by atoms with E-state index in [9.17, 15) is 0 Å². The molecule has 0 saturated heterocycles. The smallest absolute Gasteiger partial charge is 0.119 e. The maximum atomic E-state index is 5.57. The van der Waals surface area contributed by atoms with Gasteiger partial charge in [0.05, 0.1) is 14.2 Å². The Bertz CT molecular complexity index is 2490. The summed E-state index contributed by atoms with van der Waals surface area (Å²) in [6.07, 6.45) is 10.4. The van der Waals surface area contributed by atoms with E-state index in [2.05, 4.69) is 216 Å². The summed E-state index contributed by atoms with van der Waals surface area (Å²) in [4.78, 5) is 4.61. The molecule has 8 aromatic rings. The molecule has 1 aliphatic carbocycles. The number of benzene rings is 8. The van der Waals surface area contributed by atoms with Crippen molar-refractivity contribution in [3.05, 3.63) is 264 Å². The second-order valence-corrected chi connectivity index (χ2v) is 16.4. The molecule has 4 heteroatoms. The van der Waals surface area contributed by atoms with Crippen molar-refractivity contribution in [2.75, 3.05) is 24.0 Å². The summed E-state index contributed by atoms with van der Waals surface area (Å²) in [5.74, 6) is 1.66. The zero-order chi connectivity index (χ0) is 43.6. The third-order valence-corrected chi connectivity index (χ3v) is 12.7. The molecule has 0 aromatic heterocycles. The molecule has 64 heavy (non-hydrogen) atoms. The average Bonchev–Trinajstić information content (AvgIpc) is 3.38. The highest BCUT2D eigenvalue weighted by atomic mass is 16.5. The summed E-state index contributed by atoms with van der Waals surface area (Å²) in [5, 5.41) is 0. The fourth-order valence-electron chi connectivity index (χ4n) is 9.22. The lowest BCUT2D eigenvalue weighted by Gasteiger charge is -2.39. The lowest BCUT2D eigenvalue weighted by Crippen LogP contribution is -2.30. The number of anilines is 4. The largest absolute Gasteiger partial charge is 0.497 e. The molecule has 1 aliphatic rings. The molecule has 1 fully saturated rings. The van der Waals surface area contributed by atoms with Crippen molar-refractivity contribution in [1.82, 2.24) is 0 Å². The number of ether oxygens (including phenoxy) is 2. The van der Waals surface area contributed by atoms with Crippen LogP contribution >= 0.6 is 0 Å². The molecule has 0 N–H and O–H groups in total. The Hall–Kier alpha value is -7.56. The molecule has 0 aliphatic heterocycles. The van der Waals surface area contributed by atoms with Gasteiger partial charge in [-0.15, -0.1) is 0 Å². The molecular weight excluding hydrogens is 781 g/mol. The van der Waals surface area contributed by atoms with Gasteiger partial charge in [0.1, 0.15) is 11.5 Å². The summed E-state index contributed by atoms with van der Waals surface area (Å²) >= 11 is 0. The predicted octanol–water partition coefficient (Wildman–Crippen LogP) is 15.4. The maximum absolute atomic E-state index is 5.57. The van der Waals surface area contributed by atoms with Crippen LogP contribution in [0.4, 0.5) is 22.7 Å². The Balaban J connectivity index is 1.11. The zero-order valence-electron chi connectivity index (χ0n) is 36.7. The Morgan fingerprint density at radius 3 is 0.922 bits per heavy atom. The summed E-state index contributed by atoms with van der Waals surface area (Å²) < 4.78 is 11.1. The van der Waals surface area contributed by atoms with Crippen LogP contribution < -0.4 is 19.3 Å². The molecule has 0 amide bonds. The van der Waals surface area contributed by atoms with E-state index in [1.807, 2.05) is 24.3 Å². The standard InChI is InChI=1S/C60H54N2O2/c1-63-56-38-34-54(35-39-56)61(44-58(46-18-8-3-9-19-46)47-20-10-4-11-21-47)52-30-26-50(27-31-52)60(42-16-7-17-43-60)51-28-32-53(33-29-51)62(55-36-40-57(64-2)41-37-55)45-59(48-22-12-5-13-23-48)49-24-14-6-15-25-49/h3-6,8-15,18-41,44-45H,7,16-17,42-43H2,1-2H3. The molecule has 0 radical (unpaired) electrons.